The molecule has 0 aliphatic rings. The van der Waals surface area contributed by atoms with Gasteiger partial charge in [0.1, 0.15) is 11.4 Å². The maximum atomic E-state index is 5.73. The zero-order valence-electron chi connectivity index (χ0n) is 8.65. The summed E-state index contributed by atoms with van der Waals surface area (Å²) in [5.41, 5.74) is 8.11. The molecule has 78 valence electrons. The second kappa shape index (κ2) is 3.65. The molecule has 2 aromatic rings. The number of ether oxygens (including phenoxy) is 1. The van der Waals surface area contributed by atoms with E-state index < -0.39 is 0 Å². The van der Waals surface area contributed by atoms with Crippen molar-refractivity contribution in [3.05, 3.63) is 30.0 Å². The summed E-state index contributed by atoms with van der Waals surface area (Å²) in [4.78, 5) is 0. The molecule has 0 spiro atoms. The SMILES string of the molecule is COc1c(C)cccc1-c1oncc1N. The lowest BCUT2D eigenvalue weighted by molar-refractivity contribution is 0.404. The molecular formula is C11H12N2O2. The number of hydrogen-bond acceptors (Lipinski definition) is 4. The van der Waals surface area contributed by atoms with Gasteiger partial charge in [0.2, 0.25) is 0 Å². The summed E-state index contributed by atoms with van der Waals surface area (Å²) >= 11 is 0. The van der Waals surface area contributed by atoms with Gasteiger partial charge in [-0.05, 0) is 18.6 Å². The number of rotatable bonds is 2. The Bertz CT molecular complexity index is 477. The Hall–Kier alpha value is -1.97. The quantitative estimate of drug-likeness (QED) is 0.814. The number of para-hydroxylation sites is 1. The predicted molar refractivity (Wildman–Crippen MR) is 57.6 cm³/mol. The molecular weight excluding hydrogens is 192 g/mol. The second-order valence-electron chi connectivity index (χ2n) is 3.27. The normalized spacial score (nSPS) is 10.3. The lowest BCUT2D eigenvalue weighted by Gasteiger charge is -2.08. The fraction of sp³-hybridized carbons (Fsp3) is 0.182. The molecule has 1 heterocycles. The van der Waals surface area contributed by atoms with Crippen LogP contribution in [-0.4, -0.2) is 12.3 Å². The third-order valence-electron chi connectivity index (χ3n) is 2.26. The minimum absolute atomic E-state index is 0.513. The van der Waals surface area contributed by atoms with Crippen molar-refractivity contribution in [2.24, 2.45) is 0 Å². The molecule has 0 radical (unpaired) electrons. The second-order valence-corrected chi connectivity index (χ2v) is 3.27. The van der Waals surface area contributed by atoms with Crippen LogP contribution in [0.3, 0.4) is 0 Å². The number of nitrogen functional groups attached to an aromatic ring is 1. The first-order valence-corrected chi connectivity index (χ1v) is 4.58. The first-order valence-electron chi connectivity index (χ1n) is 4.58. The van der Waals surface area contributed by atoms with E-state index in [1.54, 1.807) is 7.11 Å². The zero-order chi connectivity index (χ0) is 10.8. The molecule has 0 unspecified atom stereocenters. The molecule has 0 aliphatic carbocycles. The van der Waals surface area contributed by atoms with Crippen LogP contribution in [0.15, 0.2) is 28.9 Å². The highest BCUT2D eigenvalue weighted by atomic mass is 16.5. The average Bonchev–Trinajstić information content (AvgIpc) is 2.64. The van der Waals surface area contributed by atoms with Gasteiger partial charge in [-0.2, -0.15) is 0 Å². The van der Waals surface area contributed by atoms with E-state index in [1.807, 2.05) is 25.1 Å². The number of aromatic nitrogens is 1. The monoisotopic (exact) mass is 204 g/mol. The maximum Gasteiger partial charge on any atom is 0.193 e. The molecule has 0 fully saturated rings. The summed E-state index contributed by atoms with van der Waals surface area (Å²) in [7, 11) is 1.62. The van der Waals surface area contributed by atoms with Crippen LogP contribution in [-0.2, 0) is 0 Å². The Balaban J connectivity index is 2.63. The first-order chi connectivity index (χ1) is 7.24. The van der Waals surface area contributed by atoms with Crippen molar-refractivity contribution < 1.29 is 9.26 Å². The molecule has 15 heavy (non-hydrogen) atoms. The first kappa shape index (κ1) is 9.58. The van der Waals surface area contributed by atoms with Crippen molar-refractivity contribution in [2.45, 2.75) is 6.92 Å². The molecule has 2 N–H and O–H groups in total. The maximum absolute atomic E-state index is 5.73. The van der Waals surface area contributed by atoms with Gasteiger partial charge in [-0.15, -0.1) is 0 Å². The number of aryl methyl sites for hydroxylation is 1. The van der Waals surface area contributed by atoms with Crippen LogP contribution in [0.5, 0.6) is 5.75 Å². The van der Waals surface area contributed by atoms with Gasteiger partial charge in [-0.25, -0.2) is 0 Å². The van der Waals surface area contributed by atoms with Crippen molar-refractivity contribution in [1.29, 1.82) is 0 Å². The van der Waals surface area contributed by atoms with Gasteiger partial charge in [0, 0.05) is 0 Å². The van der Waals surface area contributed by atoms with E-state index in [-0.39, 0.29) is 0 Å². The number of nitrogens with zero attached hydrogens (tertiary/aromatic N) is 1. The van der Waals surface area contributed by atoms with Gasteiger partial charge < -0.3 is 15.0 Å². The lowest BCUT2D eigenvalue weighted by atomic mass is 10.1. The minimum Gasteiger partial charge on any atom is -0.496 e. The summed E-state index contributed by atoms with van der Waals surface area (Å²) < 4.78 is 10.4. The van der Waals surface area contributed by atoms with Crippen LogP contribution in [0.2, 0.25) is 0 Å². The van der Waals surface area contributed by atoms with Gasteiger partial charge in [-0.1, -0.05) is 17.3 Å². The standard InChI is InChI=1S/C11H12N2O2/c1-7-4-3-5-8(10(7)14-2)11-9(12)6-13-15-11/h3-6H,12H2,1-2H3. The molecule has 2 rings (SSSR count). The van der Waals surface area contributed by atoms with Gasteiger partial charge in [-0.3, -0.25) is 0 Å². The third-order valence-corrected chi connectivity index (χ3v) is 2.26. The van der Waals surface area contributed by atoms with E-state index in [0.29, 0.717) is 11.4 Å². The van der Waals surface area contributed by atoms with Gasteiger partial charge in [0.15, 0.2) is 5.76 Å². The van der Waals surface area contributed by atoms with Crippen molar-refractivity contribution in [3.63, 3.8) is 0 Å². The summed E-state index contributed by atoms with van der Waals surface area (Å²) in [6, 6.07) is 5.78. The summed E-state index contributed by atoms with van der Waals surface area (Å²) in [5.74, 6) is 1.32. The third kappa shape index (κ3) is 1.54. The summed E-state index contributed by atoms with van der Waals surface area (Å²) in [5, 5.41) is 3.65. The molecule has 1 aromatic carbocycles. The van der Waals surface area contributed by atoms with E-state index in [2.05, 4.69) is 5.16 Å². The van der Waals surface area contributed by atoms with E-state index in [4.69, 9.17) is 15.0 Å². The fourth-order valence-corrected chi connectivity index (χ4v) is 1.55. The van der Waals surface area contributed by atoms with Crippen LogP contribution in [0, 0.1) is 6.92 Å². The van der Waals surface area contributed by atoms with Crippen LogP contribution in [0.25, 0.3) is 11.3 Å². The highest BCUT2D eigenvalue weighted by molar-refractivity contribution is 5.76. The minimum atomic E-state index is 0.513. The molecule has 0 bridgehead atoms. The molecule has 0 amide bonds. The molecule has 1 aromatic heterocycles. The molecule has 4 nitrogen and oxygen atoms in total. The number of nitrogens with two attached hydrogens (primary N) is 1. The molecule has 0 saturated carbocycles. The Morgan fingerprint density at radius 3 is 2.80 bits per heavy atom. The van der Waals surface area contributed by atoms with Crippen LogP contribution >= 0.6 is 0 Å². The summed E-state index contributed by atoms with van der Waals surface area (Å²) in [6.07, 6.45) is 1.48. The predicted octanol–water partition coefficient (Wildman–Crippen LogP) is 2.24. The van der Waals surface area contributed by atoms with Crippen LogP contribution < -0.4 is 10.5 Å². The van der Waals surface area contributed by atoms with Crippen LogP contribution in [0.1, 0.15) is 5.56 Å². The Morgan fingerprint density at radius 2 is 2.20 bits per heavy atom. The number of methoxy groups -OCH3 is 1. The molecule has 0 atom stereocenters. The Labute approximate surface area is 87.6 Å². The van der Waals surface area contributed by atoms with Gasteiger partial charge >= 0.3 is 0 Å². The largest absolute Gasteiger partial charge is 0.496 e. The van der Waals surface area contributed by atoms with Crippen molar-refractivity contribution in [2.75, 3.05) is 12.8 Å². The Kier molecular flexibility index (Phi) is 2.33. The lowest BCUT2D eigenvalue weighted by Crippen LogP contribution is -1.92. The number of benzene rings is 1. The van der Waals surface area contributed by atoms with Crippen molar-refractivity contribution in [1.82, 2.24) is 5.16 Å². The van der Waals surface area contributed by atoms with Crippen LogP contribution in [0.4, 0.5) is 5.69 Å². The van der Waals surface area contributed by atoms with Crippen molar-refractivity contribution >= 4 is 5.69 Å². The number of anilines is 1. The van der Waals surface area contributed by atoms with Gasteiger partial charge in [0.05, 0.1) is 18.9 Å². The fourth-order valence-electron chi connectivity index (χ4n) is 1.55. The van der Waals surface area contributed by atoms with E-state index in [1.165, 1.54) is 6.20 Å². The zero-order valence-corrected chi connectivity index (χ0v) is 8.65. The van der Waals surface area contributed by atoms with E-state index >= 15 is 0 Å². The smallest absolute Gasteiger partial charge is 0.193 e. The average molecular weight is 204 g/mol. The highest BCUT2D eigenvalue weighted by Crippen LogP contribution is 2.35. The molecule has 4 heteroatoms. The highest BCUT2D eigenvalue weighted by Gasteiger charge is 2.14. The summed E-state index contributed by atoms with van der Waals surface area (Å²) in [6.45, 7) is 1.97. The topological polar surface area (TPSA) is 61.3 Å². The number of hydrogen-bond donors (Lipinski definition) is 1. The molecule has 0 aliphatic heterocycles. The van der Waals surface area contributed by atoms with Gasteiger partial charge in [0.25, 0.3) is 0 Å². The molecule has 0 saturated heterocycles. The van der Waals surface area contributed by atoms with Crippen molar-refractivity contribution in [3.8, 4) is 17.1 Å². The Morgan fingerprint density at radius 1 is 1.40 bits per heavy atom. The van der Waals surface area contributed by atoms with E-state index in [9.17, 15) is 0 Å². The van der Waals surface area contributed by atoms with E-state index in [0.717, 1.165) is 16.9 Å².